The topological polar surface area (TPSA) is 12.5 Å². The van der Waals surface area contributed by atoms with Crippen LogP contribution in [-0.4, -0.2) is 79.2 Å². The molecule has 1 heterocycles. The summed E-state index contributed by atoms with van der Waals surface area (Å²) in [7, 11) is 0. The van der Waals surface area contributed by atoms with E-state index >= 15 is 0 Å². The SMILES string of the molecule is C1CO1.[BaH2].[SeH2]. The predicted molar refractivity (Wildman–Crippen MR) is 27.9 cm³/mol. The van der Waals surface area contributed by atoms with Crippen molar-refractivity contribution in [3.05, 3.63) is 0 Å². The summed E-state index contributed by atoms with van der Waals surface area (Å²) in [5.41, 5.74) is 0. The van der Waals surface area contributed by atoms with Gasteiger partial charge in [0.25, 0.3) is 0 Å². The second-order valence-electron chi connectivity index (χ2n) is 0.612. The Morgan fingerprint density at radius 2 is 1.40 bits per heavy atom. The van der Waals surface area contributed by atoms with Gasteiger partial charge in [0.15, 0.2) is 0 Å². The molecule has 1 aliphatic heterocycles. The minimum atomic E-state index is 0. The minimum absolute atomic E-state index is 0. The van der Waals surface area contributed by atoms with Gasteiger partial charge in [0.05, 0.1) is 13.2 Å². The molecule has 0 aromatic rings. The van der Waals surface area contributed by atoms with E-state index in [1.807, 2.05) is 0 Å². The molecule has 0 aromatic heterocycles. The van der Waals surface area contributed by atoms with E-state index in [0.29, 0.717) is 0 Å². The molecule has 5 heavy (non-hydrogen) atoms. The first-order valence-corrected chi connectivity index (χ1v) is 1.08. The van der Waals surface area contributed by atoms with E-state index in [1.165, 1.54) is 0 Å². The van der Waals surface area contributed by atoms with Crippen LogP contribution in [0.2, 0.25) is 0 Å². The summed E-state index contributed by atoms with van der Waals surface area (Å²) in [6, 6.07) is 0. The van der Waals surface area contributed by atoms with Gasteiger partial charge < -0.3 is 4.74 Å². The van der Waals surface area contributed by atoms with Crippen LogP contribution >= 0.6 is 0 Å². The average Bonchev–Trinajstić information content (AvgIpc) is 1.46. The predicted octanol–water partition coefficient (Wildman–Crippen LogP) is -1.82. The molecule has 3 heteroatoms. The summed E-state index contributed by atoms with van der Waals surface area (Å²) in [6.45, 7) is 2.00. The Labute approximate surface area is 82.4 Å². The number of hydrogen-bond donors (Lipinski definition) is 0. The molecule has 0 radical (unpaired) electrons. The third kappa shape index (κ3) is 10.7. The molecule has 0 saturated carbocycles. The summed E-state index contributed by atoms with van der Waals surface area (Å²) in [4.78, 5) is 0. The van der Waals surface area contributed by atoms with Crippen molar-refractivity contribution >= 4 is 65.9 Å². The van der Waals surface area contributed by atoms with E-state index in [9.17, 15) is 0 Å². The van der Waals surface area contributed by atoms with E-state index < -0.39 is 0 Å². The molecule has 30 valence electrons. The molecule has 1 fully saturated rings. The Bertz CT molecular complexity index is 14.4. The van der Waals surface area contributed by atoms with Crippen LogP contribution in [-0.2, 0) is 4.74 Å². The van der Waals surface area contributed by atoms with Gasteiger partial charge in [0, 0.05) is 0 Å². The third-order valence-corrected chi connectivity index (χ3v) is 0.204. The maximum absolute atomic E-state index is 4.50. The molecule has 1 nitrogen and oxygen atoms in total. The van der Waals surface area contributed by atoms with Crippen molar-refractivity contribution < 1.29 is 4.74 Å². The van der Waals surface area contributed by atoms with Gasteiger partial charge in [-0.25, -0.2) is 0 Å². The molecule has 1 aliphatic rings. The molecule has 1 saturated heterocycles. The second-order valence-corrected chi connectivity index (χ2v) is 0.612. The Morgan fingerprint density at radius 3 is 1.40 bits per heavy atom. The zero-order valence-electron chi connectivity index (χ0n) is 2.32. The van der Waals surface area contributed by atoms with Crippen LogP contribution in [0.1, 0.15) is 0 Å². The van der Waals surface area contributed by atoms with Gasteiger partial charge in [-0.2, -0.15) is 0 Å². The Kier molecular flexibility index (Phi) is 12.2. The van der Waals surface area contributed by atoms with Crippen molar-refractivity contribution in [1.82, 2.24) is 0 Å². The van der Waals surface area contributed by atoms with Crippen molar-refractivity contribution in [2.24, 2.45) is 0 Å². The molecule has 0 aromatic carbocycles. The second kappa shape index (κ2) is 6.05. The monoisotopic (exact) mass is 266 g/mol. The average molecular weight is 264 g/mol. The summed E-state index contributed by atoms with van der Waals surface area (Å²) >= 11 is 0. The fraction of sp³-hybridized carbons (Fsp3) is 1.00. The van der Waals surface area contributed by atoms with Crippen LogP contribution in [0, 0.1) is 0 Å². The van der Waals surface area contributed by atoms with Crippen LogP contribution in [0.15, 0.2) is 0 Å². The number of rotatable bonds is 0. The van der Waals surface area contributed by atoms with E-state index in [0.717, 1.165) is 13.2 Å². The first kappa shape index (κ1) is 10.1. The van der Waals surface area contributed by atoms with Crippen LogP contribution in [0.4, 0.5) is 0 Å². The van der Waals surface area contributed by atoms with Gasteiger partial charge in [0.2, 0.25) is 0 Å². The Balaban J connectivity index is 0. The van der Waals surface area contributed by atoms with E-state index in [-0.39, 0.29) is 65.9 Å². The maximum atomic E-state index is 4.50. The zero-order chi connectivity index (χ0) is 2.12. The molecule has 0 spiro atoms. The fourth-order valence-corrected chi connectivity index (χ4v) is 0. The summed E-state index contributed by atoms with van der Waals surface area (Å²) in [5.74, 6) is 0. The normalized spacial score (nSPS) is 14.4. The standard InChI is InChI=1S/C2H4O.Ba.H2Se.2H/c1-2-3-1;;;;/h1-2H2;;1H2;;. The Morgan fingerprint density at radius 1 is 1.20 bits per heavy atom. The first-order valence-electron chi connectivity index (χ1n) is 1.08. The molecule has 0 unspecified atom stereocenters. The quantitative estimate of drug-likeness (QED) is 0.371. The molecule has 0 N–H and O–H groups in total. The van der Waals surface area contributed by atoms with Crippen molar-refractivity contribution in [3.8, 4) is 0 Å². The molecule has 1 rings (SSSR count). The number of epoxide rings is 1. The van der Waals surface area contributed by atoms with Crippen molar-refractivity contribution in [3.63, 3.8) is 0 Å². The number of hydrogen-bond acceptors (Lipinski definition) is 1. The first-order chi connectivity index (χ1) is 1.50. The summed E-state index contributed by atoms with van der Waals surface area (Å²) in [6.07, 6.45) is 0. The van der Waals surface area contributed by atoms with Crippen LogP contribution in [0.3, 0.4) is 0 Å². The summed E-state index contributed by atoms with van der Waals surface area (Å²) in [5, 5.41) is 0. The van der Waals surface area contributed by atoms with E-state index in [2.05, 4.69) is 4.74 Å². The van der Waals surface area contributed by atoms with Crippen LogP contribution < -0.4 is 0 Å². The van der Waals surface area contributed by atoms with Crippen LogP contribution in [0.25, 0.3) is 0 Å². The molecule has 0 atom stereocenters. The van der Waals surface area contributed by atoms with Crippen molar-refractivity contribution in [2.75, 3.05) is 13.2 Å². The van der Waals surface area contributed by atoms with Crippen molar-refractivity contribution in [1.29, 1.82) is 0 Å². The fourth-order valence-electron chi connectivity index (χ4n) is 0. The van der Waals surface area contributed by atoms with Gasteiger partial charge in [0.1, 0.15) is 0 Å². The molecule has 0 bridgehead atoms. The van der Waals surface area contributed by atoms with E-state index in [1.54, 1.807) is 0 Å². The van der Waals surface area contributed by atoms with Crippen LogP contribution in [0.5, 0.6) is 0 Å². The summed E-state index contributed by atoms with van der Waals surface area (Å²) < 4.78 is 4.50. The van der Waals surface area contributed by atoms with Gasteiger partial charge in [-0.15, -0.1) is 0 Å². The van der Waals surface area contributed by atoms with Gasteiger partial charge >= 0.3 is 65.9 Å². The van der Waals surface area contributed by atoms with Gasteiger partial charge in [-0.3, -0.25) is 0 Å². The molecular weight excluding hydrogens is 256 g/mol. The molecule has 0 aliphatic carbocycles. The third-order valence-electron chi connectivity index (χ3n) is 0.204. The van der Waals surface area contributed by atoms with E-state index in [4.69, 9.17) is 0 Å². The molecular formula is C2H8BaOSe. The molecule has 0 amide bonds. The van der Waals surface area contributed by atoms with Crippen molar-refractivity contribution in [2.45, 2.75) is 0 Å². The zero-order valence-corrected chi connectivity index (χ0v) is 4.42. The van der Waals surface area contributed by atoms with Gasteiger partial charge in [-0.05, 0) is 0 Å². The number of ether oxygens (including phenoxy) is 1. The van der Waals surface area contributed by atoms with Gasteiger partial charge in [-0.1, -0.05) is 0 Å². The Hall–Kier alpha value is 2.05.